The van der Waals surface area contributed by atoms with Crippen LogP contribution in [0.5, 0.6) is 0 Å². The first-order valence-electron chi connectivity index (χ1n) is 14.7. The van der Waals surface area contributed by atoms with Crippen LogP contribution in [0.4, 0.5) is 11.4 Å². The van der Waals surface area contributed by atoms with Gasteiger partial charge in [-0.2, -0.15) is 0 Å². The minimum Gasteiger partial charge on any atom is -0.396 e. The maximum atomic E-state index is 14.5. The van der Waals surface area contributed by atoms with E-state index in [0.29, 0.717) is 19.6 Å². The van der Waals surface area contributed by atoms with E-state index in [-0.39, 0.29) is 29.6 Å². The van der Waals surface area contributed by atoms with E-state index < -0.39 is 22.6 Å². The second kappa shape index (κ2) is 12.0. The molecule has 0 aliphatic carbocycles. The lowest BCUT2D eigenvalue weighted by Crippen LogP contribution is -2.53. The van der Waals surface area contributed by atoms with Crippen LogP contribution in [-0.4, -0.2) is 95.0 Å². The number of rotatable bonds is 10. The Morgan fingerprint density at radius 2 is 1.68 bits per heavy atom. The molecule has 5 rings (SSSR count). The number of fused-ring (bicyclic) bond motifs is 2. The molecule has 1 unspecified atom stereocenters. The molecule has 0 saturated carbocycles. The predicted octanol–water partition coefficient (Wildman–Crippen LogP) is 3.31. The lowest BCUT2D eigenvalue weighted by molar-refractivity contribution is -0.142. The molecule has 2 saturated heterocycles. The van der Waals surface area contributed by atoms with Crippen LogP contribution in [0.2, 0.25) is 0 Å². The third-order valence-electron chi connectivity index (χ3n) is 8.96. The molecule has 8 nitrogen and oxygen atoms in total. The lowest BCUT2D eigenvalue weighted by atomic mass is 9.78. The molecule has 3 amide bonds. The van der Waals surface area contributed by atoms with Gasteiger partial charge in [-0.3, -0.25) is 14.4 Å². The highest BCUT2D eigenvalue weighted by atomic mass is 32.2. The Morgan fingerprint density at radius 1 is 0.950 bits per heavy atom. The smallest absolute Gasteiger partial charge is 0.251 e. The van der Waals surface area contributed by atoms with E-state index in [1.54, 1.807) is 33.5 Å². The summed E-state index contributed by atoms with van der Waals surface area (Å²) in [6.45, 7) is 7.65. The van der Waals surface area contributed by atoms with Gasteiger partial charge < -0.3 is 24.7 Å². The Labute approximate surface area is 242 Å². The van der Waals surface area contributed by atoms with Crippen LogP contribution in [0, 0.1) is 11.8 Å². The molecule has 2 fully saturated rings. The number of aliphatic hydroxyl groups is 1. The average molecular weight is 567 g/mol. The summed E-state index contributed by atoms with van der Waals surface area (Å²) < 4.78 is -0.789. The minimum absolute atomic E-state index is 0.0183. The minimum atomic E-state index is -0.789. The van der Waals surface area contributed by atoms with Gasteiger partial charge in [-0.05, 0) is 51.0 Å². The number of benzene rings is 1. The molecule has 0 aromatic heterocycles. The van der Waals surface area contributed by atoms with Crippen molar-refractivity contribution in [2.45, 2.75) is 55.6 Å². The fourth-order valence-corrected chi connectivity index (χ4v) is 8.92. The molecule has 4 aliphatic heterocycles. The number of hydrogen-bond donors (Lipinski definition) is 1. The van der Waals surface area contributed by atoms with Crippen molar-refractivity contribution < 1.29 is 19.5 Å². The van der Waals surface area contributed by atoms with Crippen LogP contribution in [0.15, 0.2) is 48.6 Å². The summed E-state index contributed by atoms with van der Waals surface area (Å²) in [5.74, 6) is -1.25. The fourth-order valence-electron chi connectivity index (χ4n) is 6.91. The van der Waals surface area contributed by atoms with Gasteiger partial charge in [0.15, 0.2) is 0 Å². The monoisotopic (exact) mass is 566 g/mol. The number of likely N-dealkylation sites (tertiary alicyclic amines) is 1. The van der Waals surface area contributed by atoms with Gasteiger partial charge >= 0.3 is 0 Å². The highest BCUT2D eigenvalue weighted by Gasteiger charge is 2.70. The highest BCUT2D eigenvalue weighted by Crippen LogP contribution is 2.61. The molecular weight excluding hydrogens is 524 g/mol. The van der Waals surface area contributed by atoms with Crippen LogP contribution in [-0.2, 0) is 14.4 Å². The quantitative estimate of drug-likeness (QED) is 0.346. The third-order valence-corrected chi connectivity index (χ3v) is 10.7. The molecule has 0 bridgehead atoms. The van der Waals surface area contributed by atoms with Crippen molar-refractivity contribution in [3.63, 3.8) is 0 Å². The number of hydrogen-bond acceptors (Lipinski definition) is 6. The van der Waals surface area contributed by atoms with Gasteiger partial charge in [0.05, 0.1) is 16.6 Å². The van der Waals surface area contributed by atoms with E-state index in [0.717, 1.165) is 50.1 Å². The van der Waals surface area contributed by atoms with Crippen molar-refractivity contribution in [3.05, 3.63) is 48.6 Å². The highest BCUT2D eigenvalue weighted by molar-refractivity contribution is 8.02. The van der Waals surface area contributed by atoms with E-state index in [2.05, 4.69) is 43.0 Å². The van der Waals surface area contributed by atoms with Crippen molar-refractivity contribution in [3.8, 4) is 0 Å². The molecule has 5 atom stereocenters. The predicted molar refractivity (Wildman–Crippen MR) is 160 cm³/mol. The summed E-state index contributed by atoms with van der Waals surface area (Å²) in [5.41, 5.74) is 1.93. The van der Waals surface area contributed by atoms with Crippen LogP contribution in [0.25, 0.3) is 0 Å². The largest absolute Gasteiger partial charge is 0.396 e. The fraction of sp³-hybridized carbons (Fsp3) is 0.581. The Hall–Kier alpha value is -2.78. The molecule has 9 heteroatoms. The first-order valence-corrected chi connectivity index (χ1v) is 15.6. The van der Waals surface area contributed by atoms with Gasteiger partial charge in [0.2, 0.25) is 11.8 Å². The average Bonchev–Trinajstić information content (AvgIpc) is 3.28. The van der Waals surface area contributed by atoms with Crippen LogP contribution < -0.4 is 9.80 Å². The normalized spacial score (nSPS) is 29.4. The zero-order chi connectivity index (χ0) is 28.4. The number of carbonyl (C=O) groups excluding carboxylic acids is 3. The van der Waals surface area contributed by atoms with E-state index in [1.165, 1.54) is 0 Å². The van der Waals surface area contributed by atoms with E-state index in [1.807, 2.05) is 24.3 Å². The van der Waals surface area contributed by atoms with Crippen molar-refractivity contribution in [2.24, 2.45) is 11.8 Å². The number of thioether (sulfide) groups is 1. The Bertz CT molecular complexity index is 1170. The maximum absolute atomic E-state index is 14.5. The Morgan fingerprint density at radius 3 is 2.38 bits per heavy atom. The van der Waals surface area contributed by atoms with Gasteiger partial charge in [-0.25, -0.2) is 0 Å². The Balaban J connectivity index is 1.50. The summed E-state index contributed by atoms with van der Waals surface area (Å²) in [5, 5.41) is 9.03. The molecule has 1 spiro atoms. The molecule has 4 aliphatic rings. The van der Waals surface area contributed by atoms with E-state index in [9.17, 15) is 19.5 Å². The van der Waals surface area contributed by atoms with Gasteiger partial charge in [0.1, 0.15) is 6.04 Å². The molecule has 4 heterocycles. The number of carbonyl (C=O) groups is 3. The van der Waals surface area contributed by atoms with Crippen LogP contribution in [0.1, 0.15) is 39.5 Å². The van der Waals surface area contributed by atoms with Crippen molar-refractivity contribution in [1.82, 2.24) is 9.80 Å². The molecule has 1 aromatic rings. The molecular formula is C31H42N4O4S. The van der Waals surface area contributed by atoms with E-state index >= 15 is 0 Å². The zero-order valence-electron chi connectivity index (χ0n) is 23.9. The first kappa shape index (κ1) is 28.7. The number of aliphatic hydroxyl groups excluding tert-OH is 1. The maximum Gasteiger partial charge on any atom is 0.251 e. The Kier molecular flexibility index (Phi) is 8.61. The number of anilines is 2. The number of amides is 3. The third kappa shape index (κ3) is 4.85. The second-order valence-electron chi connectivity index (χ2n) is 11.2. The van der Waals surface area contributed by atoms with Crippen molar-refractivity contribution in [1.29, 1.82) is 0 Å². The SMILES string of the molecule is CCN(CC)c1ccc(N2CC=C[C@]34S[C@H]5C=CCN(C)C(=O)[C@H]5[C@H]3C(=O)N(CCCCCCO)C4C2=O)cc1. The molecule has 1 N–H and O–H groups in total. The van der Waals surface area contributed by atoms with Gasteiger partial charge in [0, 0.05) is 63.0 Å². The number of unbranched alkanes of at least 4 members (excludes halogenated alkanes) is 3. The van der Waals surface area contributed by atoms with E-state index in [4.69, 9.17) is 0 Å². The zero-order valence-corrected chi connectivity index (χ0v) is 24.7. The number of likely N-dealkylation sites (N-methyl/N-ethyl adjacent to an activating group) is 1. The summed E-state index contributed by atoms with van der Waals surface area (Å²) in [6, 6.07) is 7.44. The summed E-state index contributed by atoms with van der Waals surface area (Å²) in [6.07, 6.45) is 11.4. The molecule has 0 radical (unpaired) electrons. The second-order valence-corrected chi connectivity index (χ2v) is 12.7. The standard InChI is InChI=1S/C31H42N4O4S/c1-4-33(5-2)22-13-15-23(16-14-22)34-20-11-17-31-26(25-24(40-31)12-10-18-32(3)28(25)37)29(38)35(27(31)30(34)39)19-8-6-7-9-21-36/h10-17,24-27,36H,4-9,18-21H2,1-3H3/t24-,25+,26-,27?,31-/m0/s1. The van der Waals surface area contributed by atoms with Crippen molar-refractivity contribution in [2.75, 3.05) is 56.2 Å². The topological polar surface area (TPSA) is 84.4 Å². The van der Waals surface area contributed by atoms with Gasteiger partial charge in [-0.15, -0.1) is 11.8 Å². The molecule has 1 aromatic carbocycles. The summed E-state index contributed by atoms with van der Waals surface area (Å²) >= 11 is 1.63. The van der Waals surface area contributed by atoms with Crippen LogP contribution in [0.3, 0.4) is 0 Å². The molecule has 40 heavy (non-hydrogen) atoms. The van der Waals surface area contributed by atoms with Crippen LogP contribution >= 0.6 is 11.8 Å². The summed E-state index contributed by atoms with van der Waals surface area (Å²) in [4.78, 5) is 49.9. The number of nitrogens with zero attached hydrogens (tertiary/aromatic N) is 4. The summed E-state index contributed by atoms with van der Waals surface area (Å²) in [7, 11) is 1.79. The lowest BCUT2D eigenvalue weighted by Gasteiger charge is -2.35. The van der Waals surface area contributed by atoms with Gasteiger partial charge in [0.25, 0.3) is 5.91 Å². The molecule has 216 valence electrons. The van der Waals surface area contributed by atoms with Gasteiger partial charge in [-0.1, -0.05) is 37.1 Å². The first-order chi connectivity index (χ1) is 19.4. The van der Waals surface area contributed by atoms with Crippen molar-refractivity contribution >= 4 is 40.9 Å².